The maximum absolute atomic E-state index is 13.7. The zero-order valence-electron chi connectivity index (χ0n) is 13.8. The molecular weight excluding hydrogens is 347 g/mol. The molecule has 0 radical (unpaired) electrons. The lowest BCUT2D eigenvalue weighted by Gasteiger charge is -2.15. The molecule has 2 aromatic rings. The van der Waals surface area contributed by atoms with Gasteiger partial charge >= 0.3 is 0 Å². The topological polar surface area (TPSA) is 67.4 Å². The quantitative estimate of drug-likeness (QED) is 0.827. The average Bonchev–Trinajstić information content (AvgIpc) is 2.60. The van der Waals surface area contributed by atoms with E-state index in [1.54, 1.807) is 37.3 Å². The Hall–Kier alpha value is -2.60. The molecule has 0 fully saturated rings. The highest BCUT2D eigenvalue weighted by Gasteiger charge is 2.13. The third kappa shape index (κ3) is 5.19. The molecule has 0 aliphatic rings. The summed E-state index contributed by atoms with van der Waals surface area (Å²) in [6.45, 7) is 1.53. The normalized spacial score (nSPS) is 11.5. The van der Waals surface area contributed by atoms with Crippen molar-refractivity contribution in [2.75, 3.05) is 13.7 Å². The maximum atomic E-state index is 13.7. The SMILES string of the molecule is COc1ccc([C@@H](C)NC(=O)CNC(=O)c2ccc(Cl)cc2)cc1F. The first kappa shape index (κ1) is 18.7. The van der Waals surface area contributed by atoms with Gasteiger partial charge in [-0.2, -0.15) is 0 Å². The number of amides is 2. The van der Waals surface area contributed by atoms with Gasteiger partial charge in [-0.25, -0.2) is 4.39 Å². The number of rotatable bonds is 6. The Labute approximate surface area is 150 Å². The molecule has 0 bridgehead atoms. The van der Waals surface area contributed by atoms with Crippen molar-refractivity contribution in [3.63, 3.8) is 0 Å². The first-order valence-corrected chi connectivity index (χ1v) is 7.95. The van der Waals surface area contributed by atoms with Gasteiger partial charge in [0.1, 0.15) is 0 Å². The summed E-state index contributed by atoms with van der Waals surface area (Å²) in [6.07, 6.45) is 0. The van der Waals surface area contributed by atoms with Crippen LogP contribution in [0.3, 0.4) is 0 Å². The van der Waals surface area contributed by atoms with Crippen molar-refractivity contribution in [2.24, 2.45) is 0 Å². The minimum Gasteiger partial charge on any atom is -0.494 e. The molecule has 0 aliphatic carbocycles. The molecule has 2 N–H and O–H groups in total. The van der Waals surface area contributed by atoms with Gasteiger partial charge in [0.15, 0.2) is 11.6 Å². The van der Waals surface area contributed by atoms with Gasteiger partial charge in [-0.05, 0) is 48.9 Å². The second-order valence-corrected chi connectivity index (χ2v) is 5.81. The van der Waals surface area contributed by atoms with Crippen molar-refractivity contribution in [1.29, 1.82) is 0 Å². The number of carbonyl (C=O) groups excluding carboxylic acids is 2. The Kier molecular flexibility index (Phi) is 6.36. The summed E-state index contributed by atoms with van der Waals surface area (Å²) in [5.74, 6) is -1.13. The number of methoxy groups -OCH3 is 1. The van der Waals surface area contributed by atoms with E-state index in [1.807, 2.05) is 0 Å². The third-order valence-corrected chi connectivity index (χ3v) is 3.82. The second-order valence-electron chi connectivity index (χ2n) is 5.37. The van der Waals surface area contributed by atoms with E-state index in [0.717, 1.165) is 0 Å². The number of hydrogen-bond donors (Lipinski definition) is 2. The molecule has 0 heterocycles. The second kappa shape index (κ2) is 8.48. The first-order chi connectivity index (χ1) is 11.9. The Morgan fingerprint density at radius 2 is 1.88 bits per heavy atom. The van der Waals surface area contributed by atoms with Crippen LogP contribution in [0.5, 0.6) is 5.75 Å². The molecule has 0 aromatic heterocycles. The highest BCUT2D eigenvalue weighted by molar-refractivity contribution is 6.30. The summed E-state index contributed by atoms with van der Waals surface area (Å²) in [5.41, 5.74) is 0.998. The van der Waals surface area contributed by atoms with E-state index < -0.39 is 11.9 Å². The lowest BCUT2D eigenvalue weighted by Crippen LogP contribution is -2.38. The number of ether oxygens (including phenoxy) is 1. The van der Waals surface area contributed by atoms with Crippen LogP contribution in [-0.2, 0) is 4.79 Å². The Bertz CT molecular complexity index is 765. The molecule has 7 heteroatoms. The van der Waals surface area contributed by atoms with Crippen LogP contribution in [0.2, 0.25) is 5.02 Å². The summed E-state index contributed by atoms with van der Waals surface area (Å²) >= 11 is 5.76. The molecule has 2 aromatic carbocycles. The van der Waals surface area contributed by atoms with E-state index in [4.69, 9.17) is 16.3 Å². The molecule has 1 atom stereocenters. The van der Waals surface area contributed by atoms with Crippen molar-refractivity contribution >= 4 is 23.4 Å². The van der Waals surface area contributed by atoms with Crippen LogP contribution in [0.4, 0.5) is 4.39 Å². The number of hydrogen-bond acceptors (Lipinski definition) is 3. The predicted octanol–water partition coefficient (Wildman–Crippen LogP) is 3.09. The molecule has 0 aliphatic heterocycles. The van der Waals surface area contributed by atoms with Crippen molar-refractivity contribution < 1.29 is 18.7 Å². The van der Waals surface area contributed by atoms with Gasteiger partial charge in [-0.1, -0.05) is 17.7 Å². The molecule has 0 saturated carbocycles. The van der Waals surface area contributed by atoms with Gasteiger partial charge in [-0.15, -0.1) is 0 Å². The van der Waals surface area contributed by atoms with E-state index >= 15 is 0 Å². The fraction of sp³-hybridized carbons (Fsp3) is 0.222. The number of halogens is 2. The predicted molar refractivity (Wildman–Crippen MR) is 93.3 cm³/mol. The van der Waals surface area contributed by atoms with Crippen molar-refractivity contribution in [3.05, 3.63) is 64.4 Å². The van der Waals surface area contributed by atoms with Gasteiger partial charge in [-0.3, -0.25) is 9.59 Å². The Morgan fingerprint density at radius 1 is 1.20 bits per heavy atom. The number of nitrogens with one attached hydrogen (secondary N) is 2. The highest BCUT2D eigenvalue weighted by Crippen LogP contribution is 2.21. The summed E-state index contributed by atoms with van der Waals surface area (Å²) in [6, 6.07) is 10.4. The Balaban J connectivity index is 1.88. The molecule has 2 rings (SSSR count). The molecule has 0 unspecified atom stereocenters. The van der Waals surface area contributed by atoms with E-state index in [2.05, 4.69) is 10.6 Å². The van der Waals surface area contributed by atoms with Crippen LogP contribution in [0.1, 0.15) is 28.9 Å². The number of benzene rings is 2. The van der Waals surface area contributed by atoms with Gasteiger partial charge in [0.2, 0.25) is 5.91 Å². The third-order valence-electron chi connectivity index (χ3n) is 3.57. The lowest BCUT2D eigenvalue weighted by atomic mass is 10.1. The van der Waals surface area contributed by atoms with Crippen LogP contribution in [0, 0.1) is 5.82 Å². The van der Waals surface area contributed by atoms with E-state index in [-0.39, 0.29) is 24.1 Å². The van der Waals surface area contributed by atoms with Crippen LogP contribution in [-0.4, -0.2) is 25.5 Å². The van der Waals surface area contributed by atoms with E-state index in [1.165, 1.54) is 19.2 Å². The molecule has 0 spiro atoms. The zero-order chi connectivity index (χ0) is 18.4. The highest BCUT2D eigenvalue weighted by atomic mass is 35.5. The van der Waals surface area contributed by atoms with Gasteiger partial charge < -0.3 is 15.4 Å². The first-order valence-electron chi connectivity index (χ1n) is 7.57. The minimum atomic E-state index is -0.503. The summed E-state index contributed by atoms with van der Waals surface area (Å²) in [7, 11) is 1.38. The van der Waals surface area contributed by atoms with Gasteiger partial charge in [0, 0.05) is 10.6 Å². The maximum Gasteiger partial charge on any atom is 0.251 e. The van der Waals surface area contributed by atoms with Crippen molar-refractivity contribution in [2.45, 2.75) is 13.0 Å². The average molecular weight is 365 g/mol. The summed E-state index contributed by atoms with van der Waals surface area (Å²) in [4.78, 5) is 23.9. The van der Waals surface area contributed by atoms with Crippen LogP contribution < -0.4 is 15.4 Å². The Morgan fingerprint density at radius 3 is 2.48 bits per heavy atom. The molecule has 0 saturated heterocycles. The number of carbonyl (C=O) groups is 2. The molecule has 2 amide bonds. The molecule has 25 heavy (non-hydrogen) atoms. The van der Waals surface area contributed by atoms with E-state index in [0.29, 0.717) is 16.1 Å². The standard InChI is InChI=1S/C18H18ClFN2O3/c1-11(13-5-8-16(25-2)15(20)9-13)22-17(23)10-21-18(24)12-3-6-14(19)7-4-12/h3-9,11H,10H2,1-2H3,(H,21,24)(H,22,23)/t11-/m1/s1. The largest absolute Gasteiger partial charge is 0.494 e. The monoisotopic (exact) mass is 364 g/mol. The smallest absolute Gasteiger partial charge is 0.251 e. The fourth-order valence-corrected chi connectivity index (χ4v) is 2.32. The van der Waals surface area contributed by atoms with Gasteiger partial charge in [0.05, 0.1) is 19.7 Å². The van der Waals surface area contributed by atoms with Crippen LogP contribution in [0.25, 0.3) is 0 Å². The zero-order valence-corrected chi connectivity index (χ0v) is 14.6. The summed E-state index contributed by atoms with van der Waals surface area (Å²) < 4.78 is 18.6. The lowest BCUT2D eigenvalue weighted by molar-refractivity contribution is -0.120. The van der Waals surface area contributed by atoms with Crippen LogP contribution in [0.15, 0.2) is 42.5 Å². The minimum absolute atomic E-state index is 0.137. The van der Waals surface area contributed by atoms with E-state index in [9.17, 15) is 14.0 Å². The fourth-order valence-electron chi connectivity index (χ4n) is 2.19. The van der Waals surface area contributed by atoms with Crippen molar-refractivity contribution in [1.82, 2.24) is 10.6 Å². The molecular formula is C18H18ClFN2O3. The molecule has 5 nitrogen and oxygen atoms in total. The van der Waals surface area contributed by atoms with Gasteiger partial charge in [0.25, 0.3) is 5.91 Å². The van der Waals surface area contributed by atoms with Crippen molar-refractivity contribution in [3.8, 4) is 5.75 Å². The molecule has 132 valence electrons. The van der Waals surface area contributed by atoms with Crippen LogP contribution >= 0.6 is 11.6 Å². The summed E-state index contributed by atoms with van der Waals surface area (Å²) in [5, 5.41) is 5.73.